The number of anilines is 2. The van der Waals surface area contributed by atoms with Crippen LogP contribution < -0.4 is 10.6 Å². The summed E-state index contributed by atoms with van der Waals surface area (Å²) in [4.78, 5) is 26.0. The van der Waals surface area contributed by atoms with E-state index in [0.717, 1.165) is 31.8 Å². The fourth-order valence-electron chi connectivity index (χ4n) is 2.88. The summed E-state index contributed by atoms with van der Waals surface area (Å²) in [6.07, 6.45) is 1.29. The Labute approximate surface area is 195 Å². The molecule has 1 atom stereocenters. The van der Waals surface area contributed by atoms with E-state index in [1.807, 2.05) is 85.8 Å². The normalized spacial score (nSPS) is 11.5. The molecule has 2 amide bonds. The van der Waals surface area contributed by atoms with Crippen LogP contribution in [0.1, 0.15) is 30.6 Å². The summed E-state index contributed by atoms with van der Waals surface area (Å²) in [6, 6.07) is 25.1. The van der Waals surface area contributed by atoms with Gasteiger partial charge in [0, 0.05) is 26.3 Å². The van der Waals surface area contributed by atoms with Gasteiger partial charge in [-0.3, -0.25) is 9.59 Å². The Kier molecular flexibility index (Phi) is 8.33. The maximum atomic E-state index is 13.1. The van der Waals surface area contributed by atoms with Gasteiger partial charge in [0.25, 0.3) is 0 Å². The molecule has 0 bridgehead atoms. The summed E-state index contributed by atoms with van der Waals surface area (Å²) in [5.74, 6) is -0.0939. The number of nitrogens with one attached hydrogen (secondary N) is 2. The Morgan fingerprint density at radius 2 is 1.63 bits per heavy atom. The van der Waals surface area contributed by atoms with Crippen molar-refractivity contribution in [1.82, 2.24) is 0 Å². The van der Waals surface area contributed by atoms with Crippen molar-refractivity contribution >= 4 is 57.5 Å². The second-order valence-electron chi connectivity index (χ2n) is 6.73. The van der Waals surface area contributed by atoms with Crippen molar-refractivity contribution in [3.8, 4) is 0 Å². The fourth-order valence-corrected chi connectivity index (χ4v) is 4.32. The van der Waals surface area contributed by atoms with Gasteiger partial charge in [0.1, 0.15) is 5.25 Å². The zero-order chi connectivity index (χ0) is 21.3. The van der Waals surface area contributed by atoms with Crippen molar-refractivity contribution in [2.75, 3.05) is 10.6 Å². The van der Waals surface area contributed by atoms with E-state index >= 15 is 0 Å². The number of benzene rings is 3. The second kappa shape index (κ2) is 11.2. The molecule has 154 valence electrons. The first-order chi connectivity index (χ1) is 14.5. The maximum Gasteiger partial charge on any atom is 0.242 e. The molecule has 0 aliphatic heterocycles. The number of halogens is 1. The lowest BCUT2D eigenvalue weighted by atomic mass is 10.1. The number of hydrogen-bond donors (Lipinski definition) is 2. The Balaban J connectivity index is 1.80. The smallest absolute Gasteiger partial charge is 0.242 e. The maximum absolute atomic E-state index is 13.1. The largest absolute Gasteiger partial charge is 0.326 e. The topological polar surface area (TPSA) is 58.2 Å². The molecule has 2 N–H and O–H groups in total. The molecule has 3 aromatic carbocycles. The van der Waals surface area contributed by atoms with Gasteiger partial charge in [-0.2, -0.15) is 0 Å². The molecule has 0 spiro atoms. The third-order valence-corrected chi connectivity index (χ3v) is 6.27. The van der Waals surface area contributed by atoms with Crippen LogP contribution >= 0.6 is 34.4 Å². The molecule has 0 saturated heterocycles. The number of hydrogen-bond acceptors (Lipinski definition) is 3. The van der Waals surface area contributed by atoms with Gasteiger partial charge in [-0.1, -0.05) is 43.3 Å². The molecule has 0 aliphatic carbocycles. The van der Waals surface area contributed by atoms with E-state index in [-0.39, 0.29) is 11.8 Å². The molecule has 4 nitrogen and oxygen atoms in total. The number of thioether (sulfide) groups is 1. The van der Waals surface area contributed by atoms with E-state index < -0.39 is 5.25 Å². The summed E-state index contributed by atoms with van der Waals surface area (Å²) in [5, 5.41) is 5.51. The van der Waals surface area contributed by atoms with Gasteiger partial charge in [-0.15, -0.1) is 11.8 Å². The van der Waals surface area contributed by atoms with Gasteiger partial charge in [-0.25, -0.2) is 0 Å². The van der Waals surface area contributed by atoms with Crippen molar-refractivity contribution < 1.29 is 9.59 Å². The van der Waals surface area contributed by atoms with Crippen molar-refractivity contribution in [3.05, 3.63) is 88.0 Å². The lowest BCUT2D eigenvalue weighted by Gasteiger charge is -2.18. The first-order valence-electron chi connectivity index (χ1n) is 9.73. The Morgan fingerprint density at radius 3 is 2.33 bits per heavy atom. The van der Waals surface area contributed by atoms with Gasteiger partial charge in [0.2, 0.25) is 11.8 Å². The van der Waals surface area contributed by atoms with Crippen LogP contribution in [0.2, 0.25) is 0 Å². The molecule has 0 fully saturated rings. The van der Waals surface area contributed by atoms with Crippen molar-refractivity contribution in [3.63, 3.8) is 0 Å². The Hall–Kier alpha value is -2.32. The molecule has 0 saturated carbocycles. The van der Waals surface area contributed by atoms with Crippen LogP contribution in [-0.2, 0) is 9.59 Å². The zero-order valence-corrected chi connectivity index (χ0v) is 19.6. The highest BCUT2D eigenvalue weighted by Crippen LogP contribution is 2.37. The highest BCUT2D eigenvalue weighted by Gasteiger charge is 2.22. The van der Waals surface area contributed by atoms with E-state index in [9.17, 15) is 9.59 Å². The van der Waals surface area contributed by atoms with E-state index in [4.69, 9.17) is 0 Å². The molecule has 3 rings (SSSR count). The molecule has 1 unspecified atom stereocenters. The van der Waals surface area contributed by atoms with Crippen LogP contribution in [0.15, 0.2) is 83.8 Å². The average molecular weight is 530 g/mol. The standard InChI is InChI=1S/C24H23IN2O2S/c1-2-7-22(28)26-20-10-6-11-21(16-20)30-23(17-8-4-3-5-9-17)24(29)27-19-14-12-18(25)13-15-19/h3-6,8-16,23H,2,7H2,1H3,(H,26,28)(H,27,29). The van der Waals surface area contributed by atoms with Crippen LogP contribution in [-0.4, -0.2) is 11.8 Å². The SMILES string of the molecule is CCCC(=O)Nc1cccc(SC(C(=O)Nc2ccc(I)cc2)c2ccccc2)c1. The average Bonchev–Trinajstić information content (AvgIpc) is 2.74. The highest BCUT2D eigenvalue weighted by molar-refractivity contribution is 14.1. The van der Waals surface area contributed by atoms with Crippen LogP contribution in [0.5, 0.6) is 0 Å². The summed E-state index contributed by atoms with van der Waals surface area (Å²) < 4.78 is 1.11. The second-order valence-corrected chi connectivity index (χ2v) is 9.15. The monoisotopic (exact) mass is 530 g/mol. The van der Waals surface area contributed by atoms with E-state index in [0.29, 0.717) is 6.42 Å². The molecule has 0 radical (unpaired) electrons. The lowest BCUT2D eigenvalue weighted by molar-refractivity contribution is -0.116. The first kappa shape index (κ1) is 22.4. The highest BCUT2D eigenvalue weighted by atomic mass is 127. The molecule has 0 aliphatic rings. The summed E-state index contributed by atoms with van der Waals surface area (Å²) in [6.45, 7) is 1.97. The van der Waals surface area contributed by atoms with Crippen LogP contribution in [0.25, 0.3) is 0 Å². The minimum Gasteiger partial charge on any atom is -0.326 e. The van der Waals surface area contributed by atoms with Crippen molar-refractivity contribution in [1.29, 1.82) is 0 Å². The number of carbonyl (C=O) groups is 2. The quantitative estimate of drug-likeness (QED) is 0.258. The number of carbonyl (C=O) groups excluding carboxylic acids is 2. The van der Waals surface area contributed by atoms with Gasteiger partial charge in [0.05, 0.1) is 0 Å². The number of rotatable bonds is 8. The summed E-state index contributed by atoms with van der Waals surface area (Å²) in [7, 11) is 0. The van der Waals surface area contributed by atoms with Gasteiger partial charge < -0.3 is 10.6 Å². The molecule has 6 heteroatoms. The van der Waals surface area contributed by atoms with E-state index in [1.54, 1.807) is 0 Å². The first-order valence-corrected chi connectivity index (χ1v) is 11.7. The minimum atomic E-state index is -0.424. The third kappa shape index (κ3) is 6.60. The predicted octanol–water partition coefficient (Wildman–Crippen LogP) is 6.50. The zero-order valence-electron chi connectivity index (χ0n) is 16.6. The van der Waals surface area contributed by atoms with Gasteiger partial charge in [0.15, 0.2) is 0 Å². The predicted molar refractivity (Wildman–Crippen MR) is 133 cm³/mol. The third-order valence-electron chi connectivity index (χ3n) is 4.30. The van der Waals surface area contributed by atoms with Crippen LogP contribution in [0.4, 0.5) is 11.4 Å². The van der Waals surface area contributed by atoms with Crippen molar-refractivity contribution in [2.45, 2.75) is 29.9 Å². The van der Waals surface area contributed by atoms with Crippen molar-refractivity contribution in [2.24, 2.45) is 0 Å². The van der Waals surface area contributed by atoms with Gasteiger partial charge in [-0.05, 0) is 77.0 Å². The molecule has 0 aromatic heterocycles. The lowest BCUT2D eigenvalue weighted by Crippen LogP contribution is -2.19. The Bertz CT molecular complexity index is 994. The Morgan fingerprint density at radius 1 is 0.900 bits per heavy atom. The number of amides is 2. The molecular weight excluding hydrogens is 507 g/mol. The molecule has 0 heterocycles. The molecular formula is C24H23IN2O2S. The summed E-state index contributed by atoms with van der Waals surface area (Å²) >= 11 is 3.70. The fraction of sp³-hybridized carbons (Fsp3) is 0.167. The van der Waals surface area contributed by atoms with Crippen LogP contribution in [0, 0.1) is 3.57 Å². The molecule has 30 heavy (non-hydrogen) atoms. The van der Waals surface area contributed by atoms with E-state index in [2.05, 4.69) is 33.2 Å². The van der Waals surface area contributed by atoms with Crippen LogP contribution in [0.3, 0.4) is 0 Å². The van der Waals surface area contributed by atoms with Gasteiger partial charge >= 0.3 is 0 Å². The summed E-state index contributed by atoms with van der Waals surface area (Å²) in [5.41, 5.74) is 2.43. The van der Waals surface area contributed by atoms with E-state index in [1.165, 1.54) is 11.8 Å². The molecule has 3 aromatic rings. The minimum absolute atomic E-state index is 0.00397.